The van der Waals surface area contributed by atoms with Crippen LogP contribution in [0.25, 0.3) is 5.69 Å². The van der Waals surface area contributed by atoms with Crippen LogP contribution in [0.2, 0.25) is 0 Å². The van der Waals surface area contributed by atoms with E-state index in [0.29, 0.717) is 17.1 Å². The van der Waals surface area contributed by atoms with E-state index in [1.54, 1.807) is 62.0 Å². The molecule has 3 rings (SSSR count). The Kier molecular flexibility index (Phi) is 5.84. The van der Waals surface area contributed by atoms with Crippen LogP contribution in [0.5, 0.6) is 0 Å². The van der Waals surface area contributed by atoms with Gasteiger partial charge in [0.2, 0.25) is 15.9 Å². The average molecular weight is 429 g/mol. The maximum absolute atomic E-state index is 12.9. The third-order valence-electron chi connectivity index (χ3n) is 4.89. The molecule has 0 radical (unpaired) electrons. The maximum Gasteiger partial charge on any atom is 0.295 e. The van der Waals surface area contributed by atoms with Crippen molar-refractivity contribution in [3.05, 3.63) is 76.2 Å². The van der Waals surface area contributed by atoms with Gasteiger partial charge in [-0.25, -0.2) is 13.1 Å². The number of nitrogens with zero attached hydrogens (tertiary/aromatic N) is 3. The number of carbonyl (C=O) groups excluding carboxylic acids is 1. The number of hydrogen-bond donors (Lipinski definition) is 1. The lowest BCUT2D eigenvalue weighted by atomic mass is 10.2. The summed E-state index contributed by atoms with van der Waals surface area (Å²) in [6.07, 6.45) is 1.04. The Hall–Kier alpha value is -3.33. The topological polar surface area (TPSA) is 93.4 Å². The van der Waals surface area contributed by atoms with Crippen LogP contribution in [0, 0.1) is 13.8 Å². The van der Waals surface area contributed by atoms with Crippen molar-refractivity contribution in [2.75, 3.05) is 22.4 Å². The molecule has 3 aromatic rings. The lowest BCUT2D eigenvalue weighted by Crippen LogP contribution is -2.38. The molecule has 0 aliphatic rings. The van der Waals surface area contributed by atoms with Crippen LogP contribution in [-0.2, 0) is 21.9 Å². The summed E-state index contributed by atoms with van der Waals surface area (Å²) in [7, 11) is -1.99. The quantitative estimate of drug-likeness (QED) is 0.651. The fourth-order valence-electron chi connectivity index (χ4n) is 3.25. The summed E-state index contributed by atoms with van der Waals surface area (Å²) < 4.78 is 28.8. The van der Waals surface area contributed by atoms with E-state index >= 15 is 0 Å². The third kappa shape index (κ3) is 4.16. The number of anilines is 2. The van der Waals surface area contributed by atoms with Gasteiger partial charge < -0.3 is 5.32 Å². The molecule has 158 valence electrons. The van der Waals surface area contributed by atoms with Crippen LogP contribution >= 0.6 is 0 Å². The number of nitrogens with one attached hydrogen (secondary N) is 1. The van der Waals surface area contributed by atoms with E-state index < -0.39 is 28.0 Å². The molecule has 30 heavy (non-hydrogen) atoms. The number of aryl methyl sites for hydroxylation is 1. The van der Waals surface area contributed by atoms with E-state index in [-0.39, 0.29) is 5.69 Å². The second kappa shape index (κ2) is 8.19. The van der Waals surface area contributed by atoms with Crippen molar-refractivity contribution in [3.8, 4) is 5.69 Å². The molecule has 0 bridgehead atoms. The van der Waals surface area contributed by atoms with Gasteiger partial charge in [-0.3, -0.25) is 18.6 Å². The van der Waals surface area contributed by atoms with E-state index in [4.69, 9.17) is 0 Å². The van der Waals surface area contributed by atoms with Gasteiger partial charge in [-0.2, -0.15) is 0 Å². The van der Waals surface area contributed by atoms with Gasteiger partial charge in [0.25, 0.3) is 5.56 Å². The van der Waals surface area contributed by atoms with Crippen molar-refractivity contribution < 1.29 is 13.2 Å². The van der Waals surface area contributed by atoms with Crippen LogP contribution < -0.4 is 15.2 Å². The van der Waals surface area contributed by atoms with Gasteiger partial charge in [0, 0.05) is 7.05 Å². The number of rotatable bonds is 6. The first-order valence-corrected chi connectivity index (χ1v) is 11.1. The minimum atomic E-state index is -3.71. The van der Waals surface area contributed by atoms with Crippen LogP contribution in [-0.4, -0.2) is 36.5 Å². The molecule has 0 saturated heterocycles. The molecule has 0 fully saturated rings. The lowest BCUT2D eigenvalue weighted by molar-refractivity contribution is -0.114. The van der Waals surface area contributed by atoms with E-state index in [1.807, 2.05) is 18.2 Å². The lowest BCUT2D eigenvalue weighted by Gasteiger charge is -2.23. The van der Waals surface area contributed by atoms with Gasteiger partial charge in [-0.05, 0) is 37.6 Å². The van der Waals surface area contributed by atoms with E-state index in [0.717, 1.165) is 16.1 Å². The number of para-hydroxylation sites is 2. The molecule has 2 aromatic carbocycles. The summed E-state index contributed by atoms with van der Waals surface area (Å²) in [6.45, 7) is 3.04. The van der Waals surface area contributed by atoms with Crippen molar-refractivity contribution in [3.63, 3.8) is 0 Å². The third-order valence-corrected chi connectivity index (χ3v) is 6.02. The van der Waals surface area contributed by atoms with Gasteiger partial charge in [0.05, 0.1) is 23.3 Å². The Morgan fingerprint density at radius 3 is 2.23 bits per heavy atom. The first-order valence-electron chi connectivity index (χ1n) is 9.28. The van der Waals surface area contributed by atoms with Crippen molar-refractivity contribution in [2.24, 2.45) is 7.05 Å². The summed E-state index contributed by atoms with van der Waals surface area (Å²) in [6, 6.07) is 16.0. The molecule has 0 unspecified atom stereocenters. The maximum atomic E-state index is 12.9. The predicted octanol–water partition coefficient (Wildman–Crippen LogP) is 2.20. The van der Waals surface area contributed by atoms with Crippen LogP contribution in [0.3, 0.4) is 0 Å². The highest BCUT2D eigenvalue weighted by atomic mass is 32.2. The number of aromatic nitrogens is 2. The minimum absolute atomic E-state index is 0.115. The Balaban J connectivity index is 1.93. The van der Waals surface area contributed by atoms with Crippen molar-refractivity contribution >= 4 is 27.3 Å². The number of carbonyl (C=O) groups is 1. The van der Waals surface area contributed by atoms with Gasteiger partial charge in [0.1, 0.15) is 12.2 Å². The number of sulfonamides is 1. The van der Waals surface area contributed by atoms with Gasteiger partial charge in [0.15, 0.2) is 0 Å². The molecule has 8 nitrogen and oxygen atoms in total. The van der Waals surface area contributed by atoms with Crippen molar-refractivity contribution in [2.45, 2.75) is 13.8 Å². The predicted molar refractivity (Wildman–Crippen MR) is 118 cm³/mol. The molecule has 0 saturated carbocycles. The molecule has 9 heteroatoms. The van der Waals surface area contributed by atoms with Crippen molar-refractivity contribution in [1.82, 2.24) is 9.36 Å². The summed E-state index contributed by atoms with van der Waals surface area (Å²) in [4.78, 5) is 25.7. The highest BCUT2D eigenvalue weighted by Gasteiger charge is 2.24. The molecular weight excluding hydrogens is 404 g/mol. The highest BCUT2D eigenvalue weighted by Crippen LogP contribution is 2.22. The van der Waals surface area contributed by atoms with Crippen LogP contribution in [0.1, 0.15) is 11.3 Å². The number of benzene rings is 2. The molecule has 1 aromatic heterocycles. The van der Waals surface area contributed by atoms with Gasteiger partial charge in [-0.1, -0.05) is 36.4 Å². The van der Waals surface area contributed by atoms with E-state index in [2.05, 4.69) is 5.32 Å². The van der Waals surface area contributed by atoms with Crippen LogP contribution in [0.15, 0.2) is 59.4 Å². The largest absolute Gasteiger partial charge is 0.318 e. The first-order chi connectivity index (χ1) is 14.1. The monoisotopic (exact) mass is 428 g/mol. The molecule has 0 aliphatic heterocycles. The molecule has 0 atom stereocenters. The van der Waals surface area contributed by atoms with Gasteiger partial charge >= 0.3 is 0 Å². The smallest absolute Gasteiger partial charge is 0.295 e. The van der Waals surface area contributed by atoms with E-state index in [1.165, 1.54) is 4.68 Å². The summed E-state index contributed by atoms with van der Waals surface area (Å²) in [5.41, 5.74) is 2.07. The van der Waals surface area contributed by atoms with Gasteiger partial charge in [-0.15, -0.1) is 0 Å². The first kappa shape index (κ1) is 21.4. The standard InChI is InChI=1S/C21H24N4O4S/c1-15-10-8-9-13-18(15)24(30(4,28)29)14-19(26)22-20-16(2)23(3)25(21(20)27)17-11-6-5-7-12-17/h5-13H,14H2,1-4H3,(H,22,26). The molecule has 1 N–H and O–H groups in total. The number of amides is 1. The minimum Gasteiger partial charge on any atom is -0.318 e. The second-order valence-electron chi connectivity index (χ2n) is 7.04. The summed E-state index contributed by atoms with van der Waals surface area (Å²) in [5, 5.41) is 2.60. The molecule has 0 aliphatic carbocycles. The highest BCUT2D eigenvalue weighted by molar-refractivity contribution is 7.92. The molecule has 0 spiro atoms. The SMILES string of the molecule is Cc1ccccc1N(CC(=O)Nc1c(C)n(C)n(-c2ccccc2)c1=O)S(C)(=O)=O. The zero-order valence-electron chi connectivity index (χ0n) is 17.3. The Bertz CT molecular complexity index is 1240. The fourth-order valence-corrected chi connectivity index (χ4v) is 4.16. The molecule has 1 amide bonds. The Labute approximate surface area is 175 Å². The zero-order valence-corrected chi connectivity index (χ0v) is 18.1. The van der Waals surface area contributed by atoms with E-state index in [9.17, 15) is 18.0 Å². The zero-order chi connectivity index (χ0) is 22.1. The van der Waals surface area contributed by atoms with Crippen LogP contribution in [0.4, 0.5) is 11.4 Å². The normalized spacial score (nSPS) is 11.3. The van der Waals surface area contributed by atoms with Crippen molar-refractivity contribution in [1.29, 1.82) is 0 Å². The molecular formula is C21H24N4O4S. The summed E-state index contributed by atoms with van der Waals surface area (Å²) in [5.74, 6) is -0.602. The fraction of sp³-hybridized carbons (Fsp3) is 0.238. The number of hydrogen-bond acceptors (Lipinski definition) is 4. The Morgan fingerprint density at radius 2 is 1.63 bits per heavy atom. The Morgan fingerprint density at radius 1 is 1.03 bits per heavy atom. The summed E-state index contributed by atoms with van der Waals surface area (Å²) >= 11 is 0. The molecule has 1 heterocycles. The second-order valence-corrected chi connectivity index (χ2v) is 8.95. The average Bonchev–Trinajstić information content (AvgIpc) is 2.90.